The first-order valence-electron chi connectivity index (χ1n) is 6.23. The Bertz CT molecular complexity index is 821. The number of rotatable bonds is 2. The van der Waals surface area contributed by atoms with Gasteiger partial charge in [-0.3, -0.25) is 0 Å². The molecule has 3 aromatic rings. The van der Waals surface area contributed by atoms with E-state index in [0.717, 1.165) is 11.4 Å². The van der Waals surface area contributed by atoms with Gasteiger partial charge in [0.1, 0.15) is 0 Å². The molecule has 0 aliphatic carbocycles. The van der Waals surface area contributed by atoms with Crippen LogP contribution >= 0.6 is 0 Å². The SMILES string of the molecule is Cc1cc(C)n(-c2cc(C(=O)O)c3ccccc3n2)n1. The Labute approximate surface area is 115 Å². The van der Waals surface area contributed by atoms with Crippen molar-refractivity contribution in [2.45, 2.75) is 13.8 Å². The minimum atomic E-state index is -0.966. The van der Waals surface area contributed by atoms with E-state index >= 15 is 0 Å². The second-order valence-corrected chi connectivity index (χ2v) is 4.69. The van der Waals surface area contributed by atoms with Crippen molar-refractivity contribution in [1.82, 2.24) is 14.8 Å². The van der Waals surface area contributed by atoms with E-state index in [-0.39, 0.29) is 5.56 Å². The van der Waals surface area contributed by atoms with E-state index in [1.54, 1.807) is 28.9 Å². The molecule has 3 rings (SSSR count). The van der Waals surface area contributed by atoms with E-state index in [4.69, 9.17) is 0 Å². The highest BCUT2D eigenvalue weighted by Crippen LogP contribution is 2.21. The number of carbonyl (C=O) groups is 1. The molecule has 0 atom stereocenters. The molecule has 0 aliphatic rings. The summed E-state index contributed by atoms with van der Waals surface area (Å²) in [7, 11) is 0. The van der Waals surface area contributed by atoms with Crippen LogP contribution in [0.4, 0.5) is 0 Å². The molecule has 0 spiro atoms. The standard InChI is InChI=1S/C15H13N3O2/c1-9-7-10(2)18(17-9)14-8-12(15(19)20)11-5-3-4-6-13(11)16-14/h3-8H,1-2H3,(H,19,20). The van der Waals surface area contributed by atoms with Crippen molar-refractivity contribution < 1.29 is 9.90 Å². The number of nitrogens with zero attached hydrogens (tertiary/aromatic N) is 3. The summed E-state index contributed by atoms with van der Waals surface area (Å²) in [6.07, 6.45) is 0. The maximum atomic E-state index is 11.4. The van der Waals surface area contributed by atoms with Gasteiger partial charge in [-0.2, -0.15) is 5.10 Å². The van der Waals surface area contributed by atoms with Gasteiger partial charge in [0, 0.05) is 11.1 Å². The second-order valence-electron chi connectivity index (χ2n) is 4.69. The van der Waals surface area contributed by atoms with E-state index in [2.05, 4.69) is 10.1 Å². The van der Waals surface area contributed by atoms with Crippen molar-refractivity contribution in [3.63, 3.8) is 0 Å². The highest BCUT2D eigenvalue weighted by molar-refractivity contribution is 6.02. The molecule has 1 N–H and O–H groups in total. The number of carboxylic acid groups (broad SMARTS) is 1. The Morgan fingerprint density at radius 2 is 1.95 bits per heavy atom. The van der Waals surface area contributed by atoms with Gasteiger partial charge < -0.3 is 5.11 Å². The molecule has 0 amide bonds. The van der Waals surface area contributed by atoms with Crippen molar-refractivity contribution >= 4 is 16.9 Å². The number of hydrogen-bond donors (Lipinski definition) is 1. The lowest BCUT2D eigenvalue weighted by Crippen LogP contribution is -2.06. The van der Waals surface area contributed by atoms with Crippen LogP contribution in [0.5, 0.6) is 0 Å². The Morgan fingerprint density at radius 1 is 1.20 bits per heavy atom. The van der Waals surface area contributed by atoms with Gasteiger partial charge in [0.2, 0.25) is 0 Å². The van der Waals surface area contributed by atoms with Crippen LogP contribution in [0.1, 0.15) is 21.7 Å². The largest absolute Gasteiger partial charge is 0.478 e. The van der Waals surface area contributed by atoms with Crippen LogP contribution in [0.2, 0.25) is 0 Å². The normalized spacial score (nSPS) is 10.9. The van der Waals surface area contributed by atoms with Gasteiger partial charge in [-0.1, -0.05) is 18.2 Å². The first-order chi connectivity index (χ1) is 9.56. The first kappa shape index (κ1) is 12.3. The number of fused-ring (bicyclic) bond motifs is 1. The number of carboxylic acids is 1. The minimum absolute atomic E-state index is 0.234. The second kappa shape index (κ2) is 4.45. The zero-order valence-electron chi connectivity index (χ0n) is 11.2. The van der Waals surface area contributed by atoms with Crippen molar-refractivity contribution in [2.75, 3.05) is 0 Å². The van der Waals surface area contributed by atoms with Crippen molar-refractivity contribution in [3.8, 4) is 5.82 Å². The Morgan fingerprint density at radius 3 is 2.60 bits per heavy atom. The quantitative estimate of drug-likeness (QED) is 0.775. The smallest absolute Gasteiger partial charge is 0.336 e. The van der Waals surface area contributed by atoms with Gasteiger partial charge in [-0.15, -0.1) is 0 Å². The number of benzene rings is 1. The van der Waals surface area contributed by atoms with Gasteiger partial charge in [-0.05, 0) is 32.0 Å². The van der Waals surface area contributed by atoms with Crippen molar-refractivity contribution in [3.05, 3.63) is 53.3 Å². The van der Waals surface area contributed by atoms with Crippen LogP contribution in [0.15, 0.2) is 36.4 Å². The summed E-state index contributed by atoms with van der Waals surface area (Å²) in [5.41, 5.74) is 2.67. The molecule has 0 radical (unpaired) electrons. The van der Waals surface area contributed by atoms with E-state index in [1.165, 1.54) is 0 Å². The van der Waals surface area contributed by atoms with Gasteiger partial charge in [0.05, 0.1) is 16.8 Å². The predicted molar refractivity (Wildman–Crippen MR) is 75.3 cm³/mol. The Balaban J connectivity index is 2.32. The molecule has 1 aromatic carbocycles. The molecular formula is C15H13N3O2. The fourth-order valence-electron chi connectivity index (χ4n) is 2.31. The number of aromatic nitrogens is 3. The number of para-hydroxylation sites is 1. The topological polar surface area (TPSA) is 68.0 Å². The molecular weight excluding hydrogens is 254 g/mol. The summed E-state index contributed by atoms with van der Waals surface area (Å²) in [6, 6.07) is 10.7. The van der Waals surface area contributed by atoms with Gasteiger partial charge in [0.25, 0.3) is 0 Å². The number of aryl methyl sites for hydroxylation is 2. The maximum Gasteiger partial charge on any atom is 0.336 e. The molecule has 0 aliphatic heterocycles. The number of pyridine rings is 1. The van der Waals surface area contributed by atoms with Crippen LogP contribution in [0.25, 0.3) is 16.7 Å². The highest BCUT2D eigenvalue weighted by Gasteiger charge is 2.14. The van der Waals surface area contributed by atoms with Gasteiger partial charge >= 0.3 is 5.97 Å². The summed E-state index contributed by atoms with van der Waals surface area (Å²) >= 11 is 0. The zero-order valence-corrected chi connectivity index (χ0v) is 11.2. The monoisotopic (exact) mass is 267 g/mol. The molecule has 0 saturated heterocycles. The predicted octanol–water partition coefficient (Wildman–Crippen LogP) is 2.74. The van der Waals surface area contributed by atoms with Crippen LogP contribution in [-0.4, -0.2) is 25.8 Å². The van der Waals surface area contributed by atoms with E-state index in [9.17, 15) is 9.90 Å². The molecule has 0 bridgehead atoms. The first-order valence-corrected chi connectivity index (χ1v) is 6.23. The fraction of sp³-hybridized carbons (Fsp3) is 0.133. The number of hydrogen-bond acceptors (Lipinski definition) is 3. The highest BCUT2D eigenvalue weighted by atomic mass is 16.4. The van der Waals surface area contributed by atoms with E-state index in [1.807, 2.05) is 26.0 Å². The minimum Gasteiger partial charge on any atom is -0.478 e. The van der Waals surface area contributed by atoms with Crippen LogP contribution in [0, 0.1) is 13.8 Å². The molecule has 0 fully saturated rings. The third-order valence-electron chi connectivity index (χ3n) is 3.16. The average Bonchev–Trinajstić information content (AvgIpc) is 2.76. The molecule has 5 nitrogen and oxygen atoms in total. The van der Waals surface area contributed by atoms with Crippen molar-refractivity contribution in [2.24, 2.45) is 0 Å². The average molecular weight is 267 g/mol. The van der Waals surface area contributed by atoms with Crippen LogP contribution in [0.3, 0.4) is 0 Å². The lowest BCUT2D eigenvalue weighted by molar-refractivity contribution is 0.0699. The van der Waals surface area contributed by atoms with E-state index < -0.39 is 5.97 Å². The van der Waals surface area contributed by atoms with Gasteiger partial charge in [-0.25, -0.2) is 14.5 Å². The summed E-state index contributed by atoms with van der Waals surface area (Å²) in [5, 5.41) is 14.4. The molecule has 100 valence electrons. The summed E-state index contributed by atoms with van der Waals surface area (Å²) in [4.78, 5) is 15.9. The maximum absolute atomic E-state index is 11.4. The van der Waals surface area contributed by atoms with E-state index in [0.29, 0.717) is 16.7 Å². The molecule has 0 unspecified atom stereocenters. The molecule has 5 heteroatoms. The third kappa shape index (κ3) is 1.93. The van der Waals surface area contributed by atoms with Gasteiger partial charge in [0.15, 0.2) is 5.82 Å². The molecule has 0 saturated carbocycles. The Hall–Kier alpha value is -2.69. The van der Waals surface area contributed by atoms with Crippen LogP contribution in [-0.2, 0) is 0 Å². The summed E-state index contributed by atoms with van der Waals surface area (Å²) < 4.78 is 1.66. The molecule has 20 heavy (non-hydrogen) atoms. The summed E-state index contributed by atoms with van der Waals surface area (Å²) in [6.45, 7) is 3.81. The summed E-state index contributed by atoms with van der Waals surface area (Å²) in [5.74, 6) is -0.446. The lowest BCUT2D eigenvalue weighted by atomic mass is 10.1. The zero-order chi connectivity index (χ0) is 14.3. The Kier molecular flexibility index (Phi) is 2.75. The molecule has 2 aromatic heterocycles. The molecule has 2 heterocycles. The number of aromatic carboxylic acids is 1. The van der Waals surface area contributed by atoms with Crippen molar-refractivity contribution in [1.29, 1.82) is 0 Å². The lowest BCUT2D eigenvalue weighted by Gasteiger charge is -2.08. The fourth-order valence-corrected chi connectivity index (χ4v) is 2.31. The van der Waals surface area contributed by atoms with Crippen LogP contribution < -0.4 is 0 Å². The third-order valence-corrected chi connectivity index (χ3v) is 3.16.